The van der Waals surface area contributed by atoms with Crippen LogP contribution in [0.2, 0.25) is 0 Å². The number of hydrogen-bond donors (Lipinski definition) is 2. The maximum absolute atomic E-state index is 11.2. The van der Waals surface area contributed by atoms with E-state index in [9.17, 15) is 4.79 Å². The molecule has 0 saturated carbocycles. The summed E-state index contributed by atoms with van der Waals surface area (Å²) in [5, 5.41) is 6.94. The van der Waals surface area contributed by atoms with E-state index in [1.807, 2.05) is 13.2 Å². The highest BCUT2D eigenvalue weighted by atomic mass is 16.1. The van der Waals surface area contributed by atoms with Gasteiger partial charge in [-0.25, -0.2) is 0 Å². The number of aromatic nitrogens is 2. The lowest BCUT2D eigenvalue weighted by Gasteiger charge is -2.28. The van der Waals surface area contributed by atoms with Crippen LogP contribution in [-0.2, 0) is 11.8 Å². The van der Waals surface area contributed by atoms with Crippen molar-refractivity contribution in [3.05, 3.63) is 18.0 Å². The van der Waals surface area contributed by atoms with E-state index in [4.69, 9.17) is 5.73 Å². The summed E-state index contributed by atoms with van der Waals surface area (Å²) in [6.07, 6.45) is 4.90. The molecule has 1 fully saturated rings. The highest BCUT2D eigenvalue weighted by Crippen LogP contribution is 2.21. The highest BCUT2D eigenvalue weighted by molar-refractivity contribution is 5.77. The molecule has 1 aromatic heterocycles. The number of nitrogens with one attached hydrogen (secondary N) is 1. The molecule has 1 aromatic rings. The van der Waals surface area contributed by atoms with Gasteiger partial charge in [0.05, 0.1) is 12.2 Å². The zero-order chi connectivity index (χ0) is 10.1. The van der Waals surface area contributed by atoms with Crippen LogP contribution in [0.4, 0.5) is 0 Å². The lowest BCUT2D eigenvalue weighted by Crippen LogP contribution is -2.45. The van der Waals surface area contributed by atoms with Crippen LogP contribution < -0.4 is 11.1 Å². The molecule has 2 heterocycles. The predicted molar refractivity (Wildman–Crippen MR) is 51.3 cm³/mol. The van der Waals surface area contributed by atoms with Crippen molar-refractivity contribution in [3.8, 4) is 0 Å². The van der Waals surface area contributed by atoms with E-state index < -0.39 is 0 Å². The number of rotatable bonds is 1. The molecule has 5 heteroatoms. The van der Waals surface area contributed by atoms with Gasteiger partial charge >= 0.3 is 0 Å². The SMILES string of the molecule is Cn1cc([C@H]2NC(=O)CC[C@@H]2N)cn1. The lowest BCUT2D eigenvalue weighted by molar-refractivity contribution is -0.123. The second-order valence-corrected chi connectivity index (χ2v) is 3.70. The number of carbonyl (C=O) groups excluding carboxylic acids is 1. The Hall–Kier alpha value is -1.36. The topological polar surface area (TPSA) is 72.9 Å². The van der Waals surface area contributed by atoms with Crippen molar-refractivity contribution < 1.29 is 4.79 Å². The summed E-state index contributed by atoms with van der Waals surface area (Å²) in [4.78, 5) is 11.2. The Kier molecular flexibility index (Phi) is 2.25. The maximum Gasteiger partial charge on any atom is 0.220 e. The first-order chi connectivity index (χ1) is 6.66. The summed E-state index contributed by atoms with van der Waals surface area (Å²) in [5.41, 5.74) is 6.91. The Morgan fingerprint density at radius 3 is 3.14 bits per heavy atom. The van der Waals surface area contributed by atoms with E-state index in [-0.39, 0.29) is 18.0 Å². The Balaban J connectivity index is 2.19. The van der Waals surface area contributed by atoms with E-state index in [0.29, 0.717) is 6.42 Å². The minimum absolute atomic E-state index is 0.00287. The summed E-state index contributed by atoms with van der Waals surface area (Å²) in [6.45, 7) is 0. The number of piperidine rings is 1. The smallest absolute Gasteiger partial charge is 0.220 e. The van der Waals surface area contributed by atoms with Gasteiger partial charge in [-0.2, -0.15) is 5.10 Å². The fraction of sp³-hybridized carbons (Fsp3) is 0.556. The monoisotopic (exact) mass is 194 g/mol. The number of carbonyl (C=O) groups is 1. The molecular weight excluding hydrogens is 180 g/mol. The molecule has 2 atom stereocenters. The fourth-order valence-electron chi connectivity index (χ4n) is 1.75. The minimum atomic E-state index is -0.0788. The Morgan fingerprint density at radius 1 is 1.71 bits per heavy atom. The first kappa shape index (κ1) is 9.21. The van der Waals surface area contributed by atoms with E-state index in [1.165, 1.54) is 0 Å². The number of nitrogens with two attached hydrogens (primary N) is 1. The van der Waals surface area contributed by atoms with Gasteiger partial charge in [-0.1, -0.05) is 0 Å². The zero-order valence-electron chi connectivity index (χ0n) is 8.10. The summed E-state index contributed by atoms with van der Waals surface area (Å²) < 4.78 is 1.71. The molecule has 2 rings (SSSR count). The Labute approximate surface area is 82.3 Å². The average Bonchev–Trinajstić information content (AvgIpc) is 2.56. The molecule has 0 aromatic carbocycles. The van der Waals surface area contributed by atoms with E-state index in [2.05, 4.69) is 10.4 Å². The van der Waals surface area contributed by atoms with Crippen LogP contribution in [0.25, 0.3) is 0 Å². The Morgan fingerprint density at radius 2 is 2.50 bits per heavy atom. The standard InChI is InChI=1S/C9H14N4O/c1-13-5-6(4-11-13)9-7(10)2-3-8(14)12-9/h4-5,7,9H,2-3,10H2,1H3,(H,12,14)/t7-,9+/m0/s1. The Bertz CT molecular complexity index is 346. The summed E-state index contributed by atoms with van der Waals surface area (Å²) >= 11 is 0. The molecule has 14 heavy (non-hydrogen) atoms. The van der Waals surface area contributed by atoms with E-state index in [0.717, 1.165) is 12.0 Å². The van der Waals surface area contributed by atoms with Crippen molar-refractivity contribution in [2.24, 2.45) is 12.8 Å². The van der Waals surface area contributed by atoms with Crippen LogP contribution in [0.5, 0.6) is 0 Å². The van der Waals surface area contributed by atoms with Gasteiger partial charge in [0, 0.05) is 31.3 Å². The second kappa shape index (κ2) is 3.42. The van der Waals surface area contributed by atoms with Gasteiger partial charge in [-0.05, 0) is 6.42 Å². The van der Waals surface area contributed by atoms with Crippen LogP contribution in [0.15, 0.2) is 12.4 Å². The first-order valence-electron chi connectivity index (χ1n) is 4.70. The van der Waals surface area contributed by atoms with Crippen LogP contribution >= 0.6 is 0 Å². The van der Waals surface area contributed by atoms with Crippen molar-refractivity contribution in [1.82, 2.24) is 15.1 Å². The molecule has 0 spiro atoms. The van der Waals surface area contributed by atoms with Gasteiger partial charge in [-0.3, -0.25) is 9.48 Å². The zero-order valence-corrected chi connectivity index (χ0v) is 8.10. The lowest BCUT2D eigenvalue weighted by atomic mass is 9.95. The number of amides is 1. The van der Waals surface area contributed by atoms with Gasteiger partial charge < -0.3 is 11.1 Å². The molecule has 0 unspecified atom stereocenters. The van der Waals surface area contributed by atoms with Crippen molar-refractivity contribution >= 4 is 5.91 Å². The van der Waals surface area contributed by atoms with Gasteiger partial charge in [0.1, 0.15) is 0 Å². The maximum atomic E-state index is 11.2. The first-order valence-corrected chi connectivity index (χ1v) is 4.70. The number of hydrogen-bond acceptors (Lipinski definition) is 3. The third-order valence-corrected chi connectivity index (χ3v) is 2.53. The molecule has 1 aliphatic rings. The largest absolute Gasteiger partial charge is 0.348 e. The van der Waals surface area contributed by atoms with Gasteiger partial charge in [0.25, 0.3) is 0 Å². The molecule has 3 N–H and O–H groups in total. The third kappa shape index (κ3) is 1.63. The van der Waals surface area contributed by atoms with Crippen LogP contribution in [0, 0.1) is 0 Å². The van der Waals surface area contributed by atoms with Crippen molar-refractivity contribution in [2.45, 2.75) is 24.9 Å². The molecule has 0 bridgehead atoms. The average molecular weight is 194 g/mol. The minimum Gasteiger partial charge on any atom is -0.348 e. The van der Waals surface area contributed by atoms with E-state index >= 15 is 0 Å². The summed E-state index contributed by atoms with van der Waals surface area (Å²) in [7, 11) is 1.85. The number of aryl methyl sites for hydroxylation is 1. The second-order valence-electron chi connectivity index (χ2n) is 3.70. The highest BCUT2D eigenvalue weighted by Gasteiger charge is 2.27. The fourth-order valence-corrected chi connectivity index (χ4v) is 1.75. The third-order valence-electron chi connectivity index (χ3n) is 2.53. The van der Waals surface area contributed by atoms with Gasteiger partial charge in [-0.15, -0.1) is 0 Å². The normalized spacial score (nSPS) is 27.4. The molecular formula is C9H14N4O. The van der Waals surface area contributed by atoms with Crippen LogP contribution in [-0.4, -0.2) is 21.7 Å². The van der Waals surface area contributed by atoms with Crippen LogP contribution in [0.3, 0.4) is 0 Å². The van der Waals surface area contributed by atoms with Crippen molar-refractivity contribution in [1.29, 1.82) is 0 Å². The molecule has 76 valence electrons. The van der Waals surface area contributed by atoms with Crippen LogP contribution in [0.1, 0.15) is 24.4 Å². The summed E-state index contributed by atoms with van der Waals surface area (Å²) in [5.74, 6) is 0.0700. The molecule has 1 saturated heterocycles. The van der Waals surface area contributed by atoms with Gasteiger partial charge in [0.15, 0.2) is 0 Å². The molecule has 0 aliphatic carbocycles. The van der Waals surface area contributed by atoms with Gasteiger partial charge in [0.2, 0.25) is 5.91 Å². The molecule has 0 radical (unpaired) electrons. The summed E-state index contributed by atoms with van der Waals surface area (Å²) in [6, 6.07) is -0.0816. The number of nitrogens with zero attached hydrogens (tertiary/aromatic N) is 2. The predicted octanol–water partition coefficient (Wildman–Crippen LogP) is -0.302. The van der Waals surface area contributed by atoms with Crippen molar-refractivity contribution in [2.75, 3.05) is 0 Å². The van der Waals surface area contributed by atoms with Crippen molar-refractivity contribution in [3.63, 3.8) is 0 Å². The molecule has 5 nitrogen and oxygen atoms in total. The van der Waals surface area contributed by atoms with E-state index in [1.54, 1.807) is 10.9 Å². The quantitative estimate of drug-likeness (QED) is 0.644. The molecule has 1 aliphatic heterocycles. The molecule has 1 amide bonds.